The van der Waals surface area contributed by atoms with Gasteiger partial charge in [-0.05, 0) is 44.0 Å². The second-order valence-corrected chi connectivity index (χ2v) is 5.22. The van der Waals surface area contributed by atoms with Crippen LogP contribution in [0.2, 0.25) is 10.0 Å². The Hall–Kier alpha value is -0.680. The fourth-order valence-corrected chi connectivity index (χ4v) is 2.06. The minimum Gasteiger partial charge on any atom is -0.492 e. The fraction of sp³-hybridized carbons (Fsp3) is 0.500. The van der Waals surface area contributed by atoms with Gasteiger partial charge in [-0.15, -0.1) is 12.4 Å². The Morgan fingerprint density at radius 2 is 2.00 bits per heavy atom. The topological polar surface area (TPSA) is 64.3 Å². The number of nitrogens with one attached hydrogen (secondary N) is 1. The summed E-state index contributed by atoms with van der Waals surface area (Å²) in [6.07, 6.45) is 2.92. The first-order valence-electron chi connectivity index (χ1n) is 6.68. The minimum absolute atomic E-state index is 0. The zero-order valence-electron chi connectivity index (χ0n) is 11.7. The maximum absolute atomic E-state index is 11.5. The highest BCUT2D eigenvalue weighted by molar-refractivity contribution is 6.35. The Bertz CT molecular complexity index is 431. The van der Waals surface area contributed by atoms with Crippen LogP contribution in [-0.4, -0.2) is 25.6 Å². The van der Waals surface area contributed by atoms with Crippen molar-refractivity contribution in [2.45, 2.75) is 25.7 Å². The number of carbonyl (C=O) groups excluding carboxylic acids is 1. The summed E-state index contributed by atoms with van der Waals surface area (Å²) in [5.41, 5.74) is 5.37. The Labute approximate surface area is 141 Å². The Balaban J connectivity index is 0.00000400. The average Bonchev–Trinajstić information content (AvgIpc) is 2.41. The van der Waals surface area contributed by atoms with Gasteiger partial charge in [0.05, 0.1) is 11.6 Å². The fourth-order valence-electron chi connectivity index (χ4n) is 1.59. The molecule has 0 aromatic heterocycles. The number of amides is 1. The van der Waals surface area contributed by atoms with E-state index in [9.17, 15) is 4.79 Å². The predicted molar refractivity (Wildman–Crippen MR) is 89.7 cm³/mol. The lowest BCUT2D eigenvalue weighted by molar-refractivity contribution is -0.121. The van der Waals surface area contributed by atoms with Gasteiger partial charge in [-0.25, -0.2) is 0 Å². The van der Waals surface area contributed by atoms with Crippen LogP contribution in [0.15, 0.2) is 18.2 Å². The summed E-state index contributed by atoms with van der Waals surface area (Å²) in [7, 11) is 0. The Morgan fingerprint density at radius 3 is 2.67 bits per heavy atom. The van der Waals surface area contributed by atoms with Crippen LogP contribution in [0.3, 0.4) is 0 Å². The Kier molecular flexibility index (Phi) is 11.5. The summed E-state index contributed by atoms with van der Waals surface area (Å²) in [6, 6.07) is 5.06. The molecule has 0 aliphatic rings. The molecule has 0 saturated heterocycles. The van der Waals surface area contributed by atoms with Crippen LogP contribution in [0, 0.1) is 0 Å². The SMILES string of the molecule is Cl.NCCCCNC(=O)CCCOc1ccc(Cl)cc1Cl. The monoisotopic (exact) mass is 354 g/mol. The molecule has 4 nitrogen and oxygen atoms in total. The van der Waals surface area contributed by atoms with Gasteiger partial charge in [0.2, 0.25) is 5.91 Å². The van der Waals surface area contributed by atoms with E-state index in [4.69, 9.17) is 33.7 Å². The quantitative estimate of drug-likeness (QED) is 0.667. The van der Waals surface area contributed by atoms with Gasteiger partial charge in [0.25, 0.3) is 0 Å². The number of hydrogen-bond donors (Lipinski definition) is 2. The van der Waals surface area contributed by atoms with E-state index < -0.39 is 0 Å². The van der Waals surface area contributed by atoms with Crippen LogP contribution >= 0.6 is 35.6 Å². The first kappa shape index (κ1) is 20.3. The molecule has 0 radical (unpaired) electrons. The maximum atomic E-state index is 11.5. The van der Waals surface area contributed by atoms with Crippen molar-refractivity contribution < 1.29 is 9.53 Å². The van der Waals surface area contributed by atoms with Gasteiger partial charge in [-0.2, -0.15) is 0 Å². The first-order valence-corrected chi connectivity index (χ1v) is 7.43. The molecule has 1 amide bonds. The molecule has 0 atom stereocenters. The van der Waals surface area contributed by atoms with Gasteiger partial charge in [0.1, 0.15) is 5.75 Å². The normalized spacial score (nSPS) is 9.86. The van der Waals surface area contributed by atoms with E-state index in [1.807, 2.05) is 0 Å². The van der Waals surface area contributed by atoms with Crippen LogP contribution < -0.4 is 15.8 Å². The lowest BCUT2D eigenvalue weighted by Crippen LogP contribution is -2.25. The highest BCUT2D eigenvalue weighted by atomic mass is 35.5. The third kappa shape index (κ3) is 9.04. The van der Waals surface area contributed by atoms with Crippen molar-refractivity contribution in [3.05, 3.63) is 28.2 Å². The minimum atomic E-state index is 0. The summed E-state index contributed by atoms with van der Waals surface area (Å²) in [6.45, 7) is 1.78. The molecule has 1 aromatic rings. The molecule has 0 aliphatic carbocycles. The van der Waals surface area contributed by atoms with Crippen LogP contribution in [0.5, 0.6) is 5.75 Å². The smallest absolute Gasteiger partial charge is 0.220 e. The van der Waals surface area contributed by atoms with E-state index in [2.05, 4.69) is 5.32 Å². The molecule has 0 fully saturated rings. The zero-order chi connectivity index (χ0) is 14.8. The van der Waals surface area contributed by atoms with Crippen LogP contribution in [0.4, 0.5) is 0 Å². The molecular weight excluding hydrogens is 335 g/mol. The third-order valence-corrected chi connectivity index (χ3v) is 3.18. The molecule has 1 aromatic carbocycles. The number of nitrogens with two attached hydrogens (primary N) is 1. The highest BCUT2D eigenvalue weighted by Gasteiger charge is 2.04. The molecule has 0 spiro atoms. The molecule has 1 rings (SSSR count). The van der Waals surface area contributed by atoms with E-state index in [1.165, 1.54) is 0 Å². The largest absolute Gasteiger partial charge is 0.492 e. The van der Waals surface area contributed by atoms with Crippen molar-refractivity contribution in [2.75, 3.05) is 19.7 Å². The maximum Gasteiger partial charge on any atom is 0.220 e. The van der Waals surface area contributed by atoms with Gasteiger partial charge in [-0.1, -0.05) is 23.2 Å². The number of rotatable bonds is 9. The van der Waals surface area contributed by atoms with Gasteiger partial charge in [0, 0.05) is 18.0 Å². The predicted octanol–water partition coefficient (Wildman–Crippen LogP) is 3.43. The highest BCUT2D eigenvalue weighted by Crippen LogP contribution is 2.27. The van der Waals surface area contributed by atoms with Gasteiger partial charge in [-0.3, -0.25) is 4.79 Å². The lowest BCUT2D eigenvalue weighted by atomic mass is 10.3. The van der Waals surface area contributed by atoms with Crippen LogP contribution in [-0.2, 0) is 4.79 Å². The molecular formula is C14H21Cl3N2O2. The molecule has 0 aliphatic heterocycles. The summed E-state index contributed by atoms with van der Waals surface area (Å²) < 4.78 is 5.50. The molecule has 0 saturated carbocycles. The van der Waals surface area contributed by atoms with Gasteiger partial charge >= 0.3 is 0 Å². The number of benzene rings is 1. The zero-order valence-corrected chi connectivity index (χ0v) is 14.1. The van der Waals surface area contributed by atoms with Crippen molar-refractivity contribution in [3.8, 4) is 5.75 Å². The standard InChI is InChI=1S/C14H20Cl2N2O2.ClH/c15-11-5-6-13(12(16)10-11)20-9-3-4-14(19)18-8-2-1-7-17;/h5-6,10H,1-4,7-9,17H2,(H,18,19);1H. The Morgan fingerprint density at radius 1 is 1.24 bits per heavy atom. The van der Waals surface area contributed by atoms with Crippen LogP contribution in [0.25, 0.3) is 0 Å². The van der Waals surface area contributed by atoms with Crippen molar-refractivity contribution in [1.29, 1.82) is 0 Å². The molecule has 0 unspecified atom stereocenters. The van der Waals surface area contributed by atoms with Gasteiger partial charge < -0.3 is 15.8 Å². The van der Waals surface area contributed by atoms with Crippen molar-refractivity contribution in [2.24, 2.45) is 5.73 Å². The number of carbonyl (C=O) groups is 1. The van der Waals surface area contributed by atoms with Crippen molar-refractivity contribution in [3.63, 3.8) is 0 Å². The summed E-state index contributed by atoms with van der Waals surface area (Å²) >= 11 is 11.8. The van der Waals surface area contributed by atoms with Gasteiger partial charge in [0.15, 0.2) is 0 Å². The number of halogens is 3. The van der Waals surface area contributed by atoms with Crippen molar-refractivity contribution in [1.82, 2.24) is 5.32 Å². The summed E-state index contributed by atoms with van der Waals surface area (Å²) in [5.74, 6) is 0.618. The molecule has 7 heteroatoms. The van der Waals surface area contributed by atoms with E-state index in [0.717, 1.165) is 12.8 Å². The summed E-state index contributed by atoms with van der Waals surface area (Å²) in [5, 5.41) is 3.89. The number of ether oxygens (including phenoxy) is 1. The molecule has 120 valence electrons. The molecule has 21 heavy (non-hydrogen) atoms. The van der Waals surface area contributed by atoms with E-state index in [1.54, 1.807) is 18.2 Å². The number of unbranched alkanes of at least 4 members (excludes halogenated alkanes) is 1. The van der Waals surface area contributed by atoms with Crippen molar-refractivity contribution >= 4 is 41.5 Å². The van der Waals surface area contributed by atoms with Crippen LogP contribution in [0.1, 0.15) is 25.7 Å². The summed E-state index contributed by atoms with van der Waals surface area (Å²) in [4.78, 5) is 11.5. The molecule has 3 N–H and O–H groups in total. The van der Waals surface area contributed by atoms with E-state index in [0.29, 0.717) is 48.3 Å². The van der Waals surface area contributed by atoms with E-state index in [-0.39, 0.29) is 18.3 Å². The first-order chi connectivity index (χ1) is 9.63. The lowest BCUT2D eigenvalue weighted by Gasteiger charge is -2.08. The third-order valence-electron chi connectivity index (χ3n) is 2.65. The molecule has 0 heterocycles. The van der Waals surface area contributed by atoms with E-state index >= 15 is 0 Å². The second-order valence-electron chi connectivity index (χ2n) is 4.37. The average molecular weight is 356 g/mol. The number of hydrogen-bond acceptors (Lipinski definition) is 3. The molecule has 0 bridgehead atoms. The second kappa shape index (κ2) is 11.9.